The van der Waals surface area contributed by atoms with E-state index in [1.807, 2.05) is 6.08 Å². The van der Waals surface area contributed by atoms with Gasteiger partial charge in [-0.2, -0.15) is 0 Å². The molecule has 1 aromatic rings. The Labute approximate surface area is 110 Å². The first-order chi connectivity index (χ1) is 8.88. The van der Waals surface area contributed by atoms with E-state index in [2.05, 4.69) is 41.8 Å². The van der Waals surface area contributed by atoms with E-state index in [0.717, 1.165) is 26.2 Å². The van der Waals surface area contributed by atoms with Gasteiger partial charge in [0.1, 0.15) is 0 Å². The molecule has 1 aliphatic rings. The Morgan fingerprint density at radius 1 is 1.28 bits per heavy atom. The van der Waals surface area contributed by atoms with Gasteiger partial charge in [0.15, 0.2) is 0 Å². The molecule has 1 atom stereocenters. The lowest BCUT2D eigenvalue weighted by molar-refractivity contribution is -0.00512. The van der Waals surface area contributed by atoms with Crippen LogP contribution < -0.4 is 0 Å². The minimum Gasteiger partial charge on any atom is -0.377 e. The molecule has 2 nitrogen and oxygen atoms in total. The fourth-order valence-electron chi connectivity index (χ4n) is 2.47. The smallest absolute Gasteiger partial charge is 0.0702 e. The van der Waals surface area contributed by atoms with Gasteiger partial charge < -0.3 is 4.74 Å². The highest BCUT2D eigenvalue weighted by Gasteiger charge is 2.17. The summed E-state index contributed by atoms with van der Waals surface area (Å²) in [5, 5.41) is 0. The van der Waals surface area contributed by atoms with Gasteiger partial charge in [-0.25, -0.2) is 0 Å². The van der Waals surface area contributed by atoms with Gasteiger partial charge in [0.05, 0.1) is 6.10 Å². The second-order valence-electron chi connectivity index (χ2n) is 4.96. The molecule has 2 heteroatoms. The summed E-state index contributed by atoms with van der Waals surface area (Å²) < 4.78 is 5.82. The lowest BCUT2D eigenvalue weighted by atomic mass is 10.1. The topological polar surface area (TPSA) is 12.5 Å². The summed E-state index contributed by atoms with van der Waals surface area (Å²) in [5.74, 6) is 0. The molecule has 0 spiro atoms. The highest BCUT2D eigenvalue weighted by atomic mass is 16.5. The van der Waals surface area contributed by atoms with Crippen molar-refractivity contribution in [2.45, 2.75) is 31.9 Å². The molecule has 1 aliphatic heterocycles. The second-order valence-corrected chi connectivity index (χ2v) is 4.96. The number of hydrogen-bond acceptors (Lipinski definition) is 2. The molecule has 0 saturated carbocycles. The van der Waals surface area contributed by atoms with Crippen LogP contribution >= 0.6 is 0 Å². The first-order valence-electron chi connectivity index (χ1n) is 6.87. The molecule has 1 saturated heterocycles. The molecule has 0 aliphatic carbocycles. The third-order valence-corrected chi connectivity index (χ3v) is 3.37. The third-order valence-electron chi connectivity index (χ3n) is 3.37. The van der Waals surface area contributed by atoms with Gasteiger partial charge in [0.25, 0.3) is 0 Å². The Kier molecular flexibility index (Phi) is 5.43. The van der Waals surface area contributed by atoms with Crippen molar-refractivity contribution in [1.29, 1.82) is 0 Å². The van der Waals surface area contributed by atoms with E-state index in [1.54, 1.807) is 0 Å². The van der Waals surface area contributed by atoms with Gasteiger partial charge in [0, 0.05) is 26.2 Å². The SMILES string of the molecule is C=CCN(Cc1ccccc1)CC1CCCCO1. The zero-order chi connectivity index (χ0) is 12.6. The predicted molar refractivity (Wildman–Crippen MR) is 75.5 cm³/mol. The third kappa shape index (κ3) is 4.28. The fourth-order valence-corrected chi connectivity index (χ4v) is 2.47. The van der Waals surface area contributed by atoms with Gasteiger partial charge >= 0.3 is 0 Å². The molecule has 2 rings (SSSR count). The summed E-state index contributed by atoms with van der Waals surface area (Å²) in [7, 11) is 0. The quantitative estimate of drug-likeness (QED) is 0.713. The van der Waals surface area contributed by atoms with Crippen molar-refractivity contribution in [2.24, 2.45) is 0 Å². The van der Waals surface area contributed by atoms with Crippen LogP contribution in [0.25, 0.3) is 0 Å². The van der Waals surface area contributed by atoms with Crippen LogP contribution in [0.15, 0.2) is 43.0 Å². The van der Waals surface area contributed by atoms with Gasteiger partial charge in [-0.05, 0) is 24.8 Å². The van der Waals surface area contributed by atoms with Gasteiger partial charge in [-0.15, -0.1) is 6.58 Å². The van der Waals surface area contributed by atoms with Crippen LogP contribution in [0, 0.1) is 0 Å². The molecule has 1 heterocycles. The summed E-state index contributed by atoms with van der Waals surface area (Å²) >= 11 is 0. The lowest BCUT2D eigenvalue weighted by Gasteiger charge is -2.29. The maximum atomic E-state index is 5.82. The summed E-state index contributed by atoms with van der Waals surface area (Å²) in [5.41, 5.74) is 1.36. The van der Waals surface area contributed by atoms with E-state index < -0.39 is 0 Å². The van der Waals surface area contributed by atoms with Crippen LogP contribution in [0.5, 0.6) is 0 Å². The highest BCUT2D eigenvalue weighted by Crippen LogP contribution is 2.15. The van der Waals surface area contributed by atoms with Crippen molar-refractivity contribution in [2.75, 3.05) is 19.7 Å². The van der Waals surface area contributed by atoms with Crippen molar-refractivity contribution >= 4 is 0 Å². The normalized spacial score (nSPS) is 19.9. The van der Waals surface area contributed by atoms with Crippen LogP contribution in [-0.2, 0) is 11.3 Å². The van der Waals surface area contributed by atoms with E-state index in [1.165, 1.54) is 24.8 Å². The summed E-state index contributed by atoms with van der Waals surface area (Å²) in [6.45, 7) is 7.70. The average molecular weight is 245 g/mol. The number of nitrogens with zero attached hydrogens (tertiary/aromatic N) is 1. The molecule has 0 aromatic heterocycles. The van der Waals surface area contributed by atoms with E-state index >= 15 is 0 Å². The van der Waals surface area contributed by atoms with Crippen molar-refractivity contribution in [1.82, 2.24) is 4.90 Å². The Morgan fingerprint density at radius 2 is 2.11 bits per heavy atom. The van der Waals surface area contributed by atoms with Crippen molar-refractivity contribution in [3.8, 4) is 0 Å². The fraction of sp³-hybridized carbons (Fsp3) is 0.500. The Bertz CT molecular complexity index is 343. The second kappa shape index (κ2) is 7.34. The molecule has 0 N–H and O–H groups in total. The first-order valence-corrected chi connectivity index (χ1v) is 6.87. The zero-order valence-electron chi connectivity index (χ0n) is 11.1. The van der Waals surface area contributed by atoms with E-state index in [0.29, 0.717) is 6.10 Å². The number of hydrogen-bond donors (Lipinski definition) is 0. The standard InChI is InChI=1S/C16H23NO/c1-2-11-17(13-15-8-4-3-5-9-15)14-16-10-6-7-12-18-16/h2-5,8-9,16H,1,6-7,10-14H2. The van der Waals surface area contributed by atoms with Crippen LogP contribution in [0.4, 0.5) is 0 Å². The van der Waals surface area contributed by atoms with Crippen LogP contribution in [0.3, 0.4) is 0 Å². The van der Waals surface area contributed by atoms with Crippen molar-refractivity contribution in [3.63, 3.8) is 0 Å². The van der Waals surface area contributed by atoms with Gasteiger partial charge in [-0.3, -0.25) is 4.90 Å². The van der Waals surface area contributed by atoms with Gasteiger partial charge in [0.2, 0.25) is 0 Å². The van der Waals surface area contributed by atoms with Gasteiger partial charge in [-0.1, -0.05) is 36.4 Å². The zero-order valence-corrected chi connectivity index (χ0v) is 11.1. The molecular formula is C16H23NO. The minimum absolute atomic E-state index is 0.405. The molecule has 1 fully saturated rings. The van der Waals surface area contributed by atoms with Crippen LogP contribution in [-0.4, -0.2) is 30.7 Å². The summed E-state index contributed by atoms with van der Waals surface area (Å²) in [6.07, 6.45) is 6.10. The number of ether oxygens (including phenoxy) is 1. The largest absolute Gasteiger partial charge is 0.377 e. The predicted octanol–water partition coefficient (Wildman–Crippen LogP) is 3.24. The average Bonchev–Trinajstić information content (AvgIpc) is 2.41. The molecule has 0 bridgehead atoms. The maximum Gasteiger partial charge on any atom is 0.0702 e. The van der Waals surface area contributed by atoms with Crippen molar-refractivity contribution < 1.29 is 4.74 Å². The number of benzene rings is 1. The van der Waals surface area contributed by atoms with Crippen molar-refractivity contribution in [3.05, 3.63) is 48.6 Å². The molecule has 98 valence electrons. The number of rotatable bonds is 6. The van der Waals surface area contributed by atoms with Crippen LogP contribution in [0.1, 0.15) is 24.8 Å². The van der Waals surface area contributed by atoms with E-state index in [9.17, 15) is 0 Å². The summed E-state index contributed by atoms with van der Waals surface area (Å²) in [4.78, 5) is 2.42. The Morgan fingerprint density at radius 3 is 2.78 bits per heavy atom. The Hall–Kier alpha value is -1.12. The highest BCUT2D eigenvalue weighted by molar-refractivity contribution is 5.14. The van der Waals surface area contributed by atoms with E-state index in [-0.39, 0.29) is 0 Å². The van der Waals surface area contributed by atoms with E-state index in [4.69, 9.17) is 4.74 Å². The monoisotopic (exact) mass is 245 g/mol. The first kappa shape index (κ1) is 13.3. The molecule has 1 aromatic carbocycles. The molecule has 0 radical (unpaired) electrons. The molecule has 18 heavy (non-hydrogen) atoms. The lowest BCUT2D eigenvalue weighted by Crippen LogP contribution is -2.35. The Balaban J connectivity index is 1.88. The maximum absolute atomic E-state index is 5.82. The molecular weight excluding hydrogens is 222 g/mol. The van der Waals surface area contributed by atoms with Crippen LogP contribution in [0.2, 0.25) is 0 Å². The minimum atomic E-state index is 0.405. The molecule has 1 unspecified atom stereocenters. The molecule has 0 amide bonds. The summed E-state index contributed by atoms with van der Waals surface area (Å²) in [6, 6.07) is 10.6.